The molecule has 1 aromatic rings. The molecule has 0 aliphatic carbocycles. The van der Waals surface area contributed by atoms with Crippen LogP contribution in [-0.4, -0.2) is 27.7 Å². The van der Waals surface area contributed by atoms with Crippen molar-refractivity contribution in [2.45, 2.75) is 25.5 Å². The second-order valence-corrected chi connectivity index (χ2v) is 6.93. The molecular formula is C12H17BrN2O3S. The first-order valence-electron chi connectivity index (χ1n) is 6.15. The van der Waals surface area contributed by atoms with Gasteiger partial charge in [-0.2, -0.15) is 17.9 Å². The number of nitrogens with one attached hydrogen (secondary N) is 2. The second kappa shape index (κ2) is 6.81. The van der Waals surface area contributed by atoms with E-state index >= 15 is 0 Å². The lowest BCUT2D eigenvalue weighted by Crippen LogP contribution is -2.40. The smallest absolute Gasteiger partial charge is 0.277 e. The fourth-order valence-electron chi connectivity index (χ4n) is 1.84. The first-order chi connectivity index (χ1) is 9.05. The lowest BCUT2D eigenvalue weighted by atomic mass is 10.2. The van der Waals surface area contributed by atoms with E-state index in [2.05, 4.69) is 25.4 Å². The van der Waals surface area contributed by atoms with Crippen LogP contribution in [0, 0.1) is 0 Å². The molecular weight excluding hydrogens is 332 g/mol. The third-order valence-corrected chi connectivity index (χ3v) is 4.50. The summed E-state index contributed by atoms with van der Waals surface area (Å²) in [6, 6.07) is 7.49. The Kier molecular flexibility index (Phi) is 5.35. The second-order valence-electron chi connectivity index (χ2n) is 4.43. The highest BCUT2D eigenvalue weighted by atomic mass is 79.9. The van der Waals surface area contributed by atoms with Crippen LogP contribution >= 0.6 is 15.9 Å². The zero-order valence-corrected chi connectivity index (χ0v) is 12.8. The van der Waals surface area contributed by atoms with Crippen molar-refractivity contribution < 1.29 is 13.2 Å². The van der Waals surface area contributed by atoms with Crippen LogP contribution in [0.3, 0.4) is 0 Å². The average Bonchev–Trinajstić information content (AvgIpc) is 2.89. The number of rotatable bonds is 6. The van der Waals surface area contributed by atoms with E-state index < -0.39 is 10.2 Å². The highest BCUT2D eigenvalue weighted by molar-refractivity contribution is 9.10. The predicted octanol–water partition coefficient (Wildman–Crippen LogP) is 1.55. The van der Waals surface area contributed by atoms with Gasteiger partial charge in [-0.05, 0) is 30.5 Å². The summed E-state index contributed by atoms with van der Waals surface area (Å²) in [4.78, 5) is 0. The van der Waals surface area contributed by atoms with Gasteiger partial charge < -0.3 is 4.74 Å². The molecule has 0 bridgehead atoms. The van der Waals surface area contributed by atoms with Gasteiger partial charge in [0.15, 0.2) is 0 Å². The monoisotopic (exact) mass is 348 g/mol. The molecule has 1 aliphatic heterocycles. The highest BCUT2D eigenvalue weighted by Crippen LogP contribution is 2.11. The topological polar surface area (TPSA) is 67.4 Å². The molecule has 19 heavy (non-hydrogen) atoms. The van der Waals surface area contributed by atoms with Crippen LogP contribution in [0.1, 0.15) is 18.4 Å². The number of benzene rings is 1. The third-order valence-electron chi connectivity index (χ3n) is 2.90. The van der Waals surface area contributed by atoms with Gasteiger partial charge in [0.1, 0.15) is 0 Å². The minimum Gasteiger partial charge on any atom is -0.377 e. The van der Waals surface area contributed by atoms with Gasteiger partial charge in [0.2, 0.25) is 0 Å². The summed E-state index contributed by atoms with van der Waals surface area (Å²) in [6.45, 7) is 1.32. The normalized spacial score (nSPS) is 19.7. The van der Waals surface area contributed by atoms with Crippen molar-refractivity contribution in [2.75, 3.05) is 13.2 Å². The Morgan fingerprint density at radius 3 is 2.63 bits per heavy atom. The molecule has 7 heteroatoms. The molecule has 0 amide bonds. The Morgan fingerprint density at radius 2 is 2.00 bits per heavy atom. The zero-order valence-electron chi connectivity index (χ0n) is 10.4. The van der Waals surface area contributed by atoms with Crippen molar-refractivity contribution >= 4 is 26.1 Å². The summed E-state index contributed by atoms with van der Waals surface area (Å²) in [5, 5.41) is 0. The van der Waals surface area contributed by atoms with Crippen LogP contribution in [0.25, 0.3) is 0 Å². The molecule has 0 radical (unpaired) electrons. The molecule has 0 saturated carbocycles. The minimum absolute atomic E-state index is 0.00394. The van der Waals surface area contributed by atoms with Crippen LogP contribution in [-0.2, 0) is 21.5 Å². The van der Waals surface area contributed by atoms with E-state index in [-0.39, 0.29) is 12.6 Å². The SMILES string of the molecule is O=S(=O)(NCc1ccc(Br)cc1)NCC1CCCO1. The quantitative estimate of drug-likeness (QED) is 0.819. The van der Waals surface area contributed by atoms with E-state index in [9.17, 15) is 8.42 Å². The number of halogens is 1. The zero-order chi connectivity index (χ0) is 13.7. The Labute approximate surface area is 122 Å². The maximum Gasteiger partial charge on any atom is 0.277 e. The van der Waals surface area contributed by atoms with Crippen LogP contribution in [0.2, 0.25) is 0 Å². The Balaban J connectivity index is 1.78. The van der Waals surface area contributed by atoms with Crippen molar-refractivity contribution in [2.24, 2.45) is 0 Å². The van der Waals surface area contributed by atoms with Crippen molar-refractivity contribution in [3.8, 4) is 0 Å². The molecule has 1 aromatic carbocycles. The van der Waals surface area contributed by atoms with Gasteiger partial charge in [-0.3, -0.25) is 0 Å². The van der Waals surface area contributed by atoms with Crippen molar-refractivity contribution in [1.82, 2.24) is 9.44 Å². The van der Waals surface area contributed by atoms with E-state index in [0.717, 1.165) is 29.5 Å². The van der Waals surface area contributed by atoms with Gasteiger partial charge in [0.25, 0.3) is 10.2 Å². The van der Waals surface area contributed by atoms with Gasteiger partial charge in [-0.15, -0.1) is 0 Å². The van der Waals surface area contributed by atoms with Gasteiger partial charge in [0.05, 0.1) is 6.10 Å². The summed E-state index contributed by atoms with van der Waals surface area (Å²) in [7, 11) is -3.47. The minimum atomic E-state index is -3.47. The molecule has 1 heterocycles. The first-order valence-corrected chi connectivity index (χ1v) is 8.43. The van der Waals surface area contributed by atoms with Gasteiger partial charge in [0, 0.05) is 24.2 Å². The Hall–Kier alpha value is -0.470. The molecule has 0 spiro atoms. The standard InChI is InChI=1S/C12H17BrN2O3S/c13-11-5-3-10(4-6-11)8-14-19(16,17)15-9-12-2-1-7-18-12/h3-6,12,14-15H,1-2,7-9H2. The summed E-state index contributed by atoms with van der Waals surface area (Å²) >= 11 is 3.33. The van der Waals surface area contributed by atoms with Gasteiger partial charge in [-0.25, -0.2) is 0 Å². The Bertz CT molecular complexity index is 498. The highest BCUT2D eigenvalue weighted by Gasteiger charge is 2.18. The van der Waals surface area contributed by atoms with Crippen LogP contribution < -0.4 is 9.44 Å². The molecule has 1 saturated heterocycles. The average molecular weight is 349 g/mol. The fraction of sp³-hybridized carbons (Fsp3) is 0.500. The van der Waals surface area contributed by atoms with Gasteiger partial charge in [-0.1, -0.05) is 28.1 Å². The number of ether oxygens (including phenoxy) is 1. The maximum absolute atomic E-state index is 11.7. The van der Waals surface area contributed by atoms with Gasteiger partial charge >= 0.3 is 0 Å². The molecule has 2 N–H and O–H groups in total. The summed E-state index contributed by atoms with van der Waals surface area (Å²) in [5.74, 6) is 0. The number of hydrogen-bond acceptors (Lipinski definition) is 3. The van der Waals surface area contributed by atoms with Crippen molar-refractivity contribution in [3.05, 3.63) is 34.3 Å². The third kappa shape index (κ3) is 5.19. The number of hydrogen-bond donors (Lipinski definition) is 2. The molecule has 5 nitrogen and oxygen atoms in total. The lowest BCUT2D eigenvalue weighted by molar-refractivity contribution is 0.114. The molecule has 1 unspecified atom stereocenters. The van der Waals surface area contributed by atoms with Crippen molar-refractivity contribution in [3.63, 3.8) is 0 Å². The van der Waals surface area contributed by atoms with E-state index in [1.165, 1.54) is 0 Å². The first kappa shape index (κ1) is 14.9. The maximum atomic E-state index is 11.7. The largest absolute Gasteiger partial charge is 0.377 e. The molecule has 1 fully saturated rings. The molecule has 2 rings (SSSR count). The molecule has 1 aliphatic rings. The van der Waals surface area contributed by atoms with Crippen LogP contribution in [0.5, 0.6) is 0 Å². The molecule has 106 valence electrons. The van der Waals surface area contributed by atoms with Crippen molar-refractivity contribution in [1.29, 1.82) is 0 Å². The van der Waals surface area contributed by atoms with Crippen LogP contribution in [0.4, 0.5) is 0 Å². The van der Waals surface area contributed by atoms with E-state index in [1.807, 2.05) is 24.3 Å². The lowest BCUT2D eigenvalue weighted by Gasteiger charge is -2.12. The fourth-order valence-corrected chi connectivity index (χ4v) is 2.97. The van der Waals surface area contributed by atoms with Crippen LogP contribution in [0.15, 0.2) is 28.7 Å². The summed E-state index contributed by atoms with van der Waals surface area (Å²) in [6.07, 6.45) is 1.91. The molecule has 1 atom stereocenters. The summed E-state index contributed by atoms with van der Waals surface area (Å²) < 4.78 is 34.8. The predicted molar refractivity (Wildman–Crippen MR) is 76.9 cm³/mol. The summed E-state index contributed by atoms with van der Waals surface area (Å²) in [5.41, 5.74) is 0.908. The Morgan fingerprint density at radius 1 is 1.26 bits per heavy atom. The molecule has 0 aromatic heterocycles. The van der Waals surface area contributed by atoms with E-state index in [4.69, 9.17) is 4.74 Å². The van der Waals surface area contributed by atoms with E-state index in [0.29, 0.717) is 6.54 Å². The van der Waals surface area contributed by atoms with E-state index in [1.54, 1.807) is 0 Å².